The average molecular weight is 200 g/mol. The highest BCUT2D eigenvalue weighted by Crippen LogP contribution is 2.15. The summed E-state index contributed by atoms with van der Waals surface area (Å²) >= 11 is 5.64. The van der Waals surface area contributed by atoms with E-state index in [4.69, 9.17) is 16.2 Å². The summed E-state index contributed by atoms with van der Waals surface area (Å²) in [4.78, 5) is 0. The van der Waals surface area contributed by atoms with Crippen LogP contribution < -0.4 is 5.32 Å². The fraction of sp³-hybridized carbons (Fsp3) is 1.00. The van der Waals surface area contributed by atoms with Crippen LogP contribution in [0.1, 0.15) is 12.8 Å². The molecule has 1 rings (SSSR count). The summed E-state index contributed by atoms with van der Waals surface area (Å²) in [5.74, 6) is 0. The first-order chi connectivity index (χ1) is 5.00. The van der Waals surface area contributed by atoms with Gasteiger partial charge in [0.05, 0.1) is 10.8 Å². The second kappa shape index (κ2) is 3.26. The number of hydrogen-bond donors (Lipinski definition) is 2. The predicted octanol–water partition coefficient (Wildman–Crippen LogP) is 0.191. The number of halogens is 1. The monoisotopic (exact) mass is 199 g/mol. The van der Waals surface area contributed by atoms with E-state index in [0.29, 0.717) is 12.8 Å². The molecule has 2 unspecified atom stereocenters. The van der Waals surface area contributed by atoms with Crippen molar-refractivity contribution in [2.24, 2.45) is 0 Å². The minimum absolute atomic E-state index is 0.159. The van der Waals surface area contributed by atoms with Crippen molar-refractivity contribution in [3.8, 4) is 0 Å². The first kappa shape index (κ1) is 9.25. The van der Waals surface area contributed by atoms with E-state index < -0.39 is 15.4 Å². The van der Waals surface area contributed by atoms with Crippen molar-refractivity contribution < 1.29 is 13.0 Å². The maximum Gasteiger partial charge on any atom is 0.269 e. The average Bonchev–Trinajstić information content (AvgIpc) is 1.86. The SMILES string of the molecule is O=S(=O)(O)C1CCC(Cl)NC1. The van der Waals surface area contributed by atoms with Crippen LogP contribution in [0, 0.1) is 0 Å². The molecule has 0 spiro atoms. The second-order valence-corrected chi connectivity index (χ2v) is 4.81. The molecule has 0 radical (unpaired) electrons. The third-order valence-electron chi connectivity index (χ3n) is 1.73. The van der Waals surface area contributed by atoms with Gasteiger partial charge in [0.25, 0.3) is 10.1 Å². The van der Waals surface area contributed by atoms with E-state index in [1.807, 2.05) is 0 Å². The van der Waals surface area contributed by atoms with Crippen LogP contribution in [0.2, 0.25) is 0 Å². The van der Waals surface area contributed by atoms with Crippen molar-refractivity contribution in [3.63, 3.8) is 0 Å². The van der Waals surface area contributed by atoms with Crippen LogP contribution in [0.25, 0.3) is 0 Å². The number of rotatable bonds is 1. The molecule has 66 valence electrons. The Bertz CT molecular complexity index is 220. The lowest BCUT2D eigenvalue weighted by molar-refractivity contribution is 0.422. The fourth-order valence-electron chi connectivity index (χ4n) is 1.05. The summed E-state index contributed by atoms with van der Waals surface area (Å²) in [7, 11) is -3.87. The first-order valence-corrected chi connectivity index (χ1v) is 5.28. The Morgan fingerprint density at radius 2 is 2.09 bits per heavy atom. The molecule has 0 amide bonds. The van der Waals surface area contributed by atoms with Gasteiger partial charge in [-0.2, -0.15) is 8.42 Å². The normalized spacial score (nSPS) is 33.6. The molecule has 1 aliphatic rings. The third-order valence-corrected chi connectivity index (χ3v) is 3.35. The van der Waals surface area contributed by atoms with Crippen molar-refractivity contribution in [2.45, 2.75) is 23.6 Å². The molecule has 0 bridgehead atoms. The molecule has 1 fully saturated rings. The molecular weight excluding hydrogens is 190 g/mol. The van der Waals surface area contributed by atoms with Gasteiger partial charge in [-0.05, 0) is 12.8 Å². The zero-order chi connectivity index (χ0) is 8.48. The van der Waals surface area contributed by atoms with E-state index in [0.717, 1.165) is 0 Å². The van der Waals surface area contributed by atoms with Gasteiger partial charge in [0, 0.05) is 6.54 Å². The van der Waals surface area contributed by atoms with Gasteiger partial charge in [-0.25, -0.2) is 0 Å². The molecule has 1 heterocycles. The molecule has 0 aromatic rings. The summed E-state index contributed by atoms with van der Waals surface area (Å²) in [6, 6.07) is 0. The van der Waals surface area contributed by atoms with E-state index in [-0.39, 0.29) is 12.0 Å². The van der Waals surface area contributed by atoms with Gasteiger partial charge >= 0.3 is 0 Å². The van der Waals surface area contributed by atoms with Gasteiger partial charge in [-0.3, -0.25) is 9.87 Å². The molecule has 2 atom stereocenters. The standard InChI is InChI=1S/C5H10ClNO3S/c6-5-2-1-4(3-7-5)11(8,9)10/h4-5,7H,1-3H2,(H,8,9,10). The van der Waals surface area contributed by atoms with Gasteiger partial charge in [-0.15, -0.1) is 11.6 Å². The maximum absolute atomic E-state index is 10.6. The van der Waals surface area contributed by atoms with Gasteiger partial charge in [-0.1, -0.05) is 0 Å². The fourth-order valence-corrected chi connectivity index (χ4v) is 2.01. The van der Waals surface area contributed by atoms with Gasteiger partial charge in [0.15, 0.2) is 0 Å². The van der Waals surface area contributed by atoms with E-state index in [1.165, 1.54) is 0 Å². The van der Waals surface area contributed by atoms with Gasteiger partial charge in [0.1, 0.15) is 0 Å². The maximum atomic E-state index is 10.6. The Kier molecular flexibility index (Phi) is 2.74. The Labute approximate surface area is 70.7 Å². The number of hydrogen-bond acceptors (Lipinski definition) is 3. The first-order valence-electron chi connectivity index (χ1n) is 3.34. The van der Waals surface area contributed by atoms with Crippen LogP contribution in [0.15, 0.2) is 0 Å². The smallest absolute Gasteiger partial charge is 0.269 e. The highest BCUT2D eigenvalue weighted by atomic mass is 35.5. The summed E-state index contributed by atoms with van der Waals surface area (Å²) in [5.41, 5.74) is -0.159. The van der Waals surface area contributed by atoms with Crippen LogP contribution in [-0.2, 0) is 10.1 Å². The summed E-state index contributed by atoms with van der Waals surface area (Å²) in [6.07, 6.45) is 1.01. The Hall–Kier alpha value is 0.160. The highest BCUT2D eigenvalue weighted by molar-refractivity contribution is 7.86. The second-order valence-electron chi connectivity index (χ2n) is 2.59. The van der Waals surface area contributed by atoms with E-state index in [1.54, 1.807) is 0 Å². The Balaban J connectivity index is 2.53. The lowest BCUT2D eigenvalue weighted by Crippen LogP contribution is -2.42. The lowest BCUT2D eigenvalue weighted by atomic mass is 10.2. The number of alkyl halides is 1. The Morgan fingerprint density at radius 3 is 2.45 bits per heavy atom. The molecule has 0 aromatic carbocycles. The van der Waals surface area contributed by atoms with Crippen LogP contribution in [0.4, 0.5) is 0 Å². The van der Waals surface area contributed by atoms with Crippen molar-refractivity contribution in [2.75, 3.05) is 6.54 Å². The largest absolute Gasteiger partial charge is 0.300 e. The van der Waals surface area contributed by atoms with Crippen molar-refractivity contribution >= 4 is 21.7 Å². The minimum atomic E-state index is -3.87. The van der Waals surface area contributed by atoms with Crippen molar-refractivity contribution in [1.29, 1.82) is 0 Å². The minimum Gasteiger partial charge on any atom is -0.300 e. The molecule has 0 aliphatic carbocycles. The Morgan fingerprint density at radius 1 is 1.45 bits per heavy atom. The van der Waals surface area contributed by atoms with Crippen LogP contribution in [-0.4, -0.2) is 30.3 Å². The van der Waals surface area contributed by atoms with E-state index >= 15 is 0 Å². The van der Waals surface area contributed by atoms with Crippen molar-refractivity contribution in [1.82, 2.24) is 5.32 Å². The summed E-state index contributed by atoms with van der Waals surface area (Å²) in [5, 5.41) is 2.08. The highest BCUT2D eigenvalue weighted by Gasteiger charge is 2.27. The molecule has 4 nitrogen and oxygen atoms in total. The predicted molar refractivity (Wildman–Crippen MR) is 42.2 cm³/mol. The van der Waals surface area contributed by atoms with Crippen LogP contribution in [0.3, 0.4) is 0 Å². The topological polar surface area (TPSA) is 66.4 Å². The zero-order valence-electron chi connectivity index (χ0n) is 5.83. The molecule has 0 aromatic heterocycles. The molecule has 2 N–H and O–H groups in total. The third kappa shape index (κ3) is 2.59. The van der Waals surface area contributed by atoms with Crippen LogP contribution >= 0.6 is 11.6 Å². The van der Waals surface area contributed by atoms with E-state index in [9.17, 15) is 8.42 Å². The number of nitrogens with one attached hydrogen (secondary N) is 1. The zero-order valence-corrected chi connectivity index (χ0v) is 7.40. The lowest BCUT2D eigenvalue weighted by Gasteiger charge is -2.23. The van der Waals surface area contributed by atoms with Crippen LogP contribution in [0.5, 0.6) is 0 Å². The van der Waals surface area contributed by atoms with E-state index in [2.05, 4.69) is 5.32 Å². The van der Waals surface area contributed by atoms with Gasteiger partial charge in [0.2, 0.25) is 0 Å². The molecule has 1 aliphatic heterocycles. The molecule has 11 heavy (non-hydrogen) atoms. The molecular formula is C5H10ClNO3S. The molecule has 6 heteroatoms. The molecule has 0 saturated carbocycles. The summed E-state index contributed by atoms with van der Waals surface area (Å²) < 4.78 is 29.7. The molecule has 1 saturated heterocycles. The van der Waals surface area contributed by atoms with Gasteiger partial charge < -0.3 is 0 Å². The quantitative estimate of drug-likeness (QED) is 0.360. The summed E-state index contributed by atoms with van der Waals surface area (Å²) in [6.45, 7) is 0.243. The van der Waals surface area contributed by atoms with Crippen molar-refractivity contribution in [3.05, 3.63) is 0 Å². The number of piperidine rings is 1.